The van der Waals surface area contributed by atoms with Crippen molar-refractivity contribution in [2.24, 2.45) is 0 Å². The summed E-state index contributed by atoms with van der Waals surface area (Å²) in [6, 6.07) is 10.4. The SMILES string of the molecule is CC1(C)OC(=C2C(=O)Nc3cc(F)ccc32)C=C1c1cccc(F)c1. The second-order valence-corrected chi connectivity index (χ2v) is 6.56. The quantitative estimate of drug-likeness (QED) is 0.776. The van der Waals surface area contributed by atoms with E-state index in [0.29, 0.717) is 28.1 Å². The third-order valence-corrected chi connectivity index (χ3v) is 4.40. The van der Waals surface area contributed by atoms with Crippen LogP contribution in [0.15, 0.2) is 54.3 Å². The molecular weight excluding hydrogens is 324 g/mol. The fourth-order valence-electron chi connectivity index (χ4n) is 3.26. The minimum atomic E-state index is -0.723. The molecule has 2 aromatic rings. The largest absolute Gasteiger partial charge is 0.482 e. The highest BCUT2D eigenvalue weighted by Crippen LogP contribution is 2.44. The van der Waals surface area contributed by atoms with Crippen molar-refractivity contribution in [3.8, 4) is 0 Å². The molecule has 5 heteroatoms. The molecule has 0 bridgehead atoms. The maximum Gasteiger partial charge on any atom is 0.260 e. The monoisotopic (exact) mass is 339 g/mol. The number of ether oxygens (including phenoxy) is 1. The molecule has 0 aromatic heterocycles. The minimum absolute atomic E-state index is 0.338. The van der Waals surface area contributed by atoms with Gasteiger partial charge < -0.3 is 10.1 Å². The fraction of sp³-hybridized carbons (Fsp3) is 0.150. The van der Waals surface area contributed by atoms with Crippen molar-refractivity contribution >= 4 is 22.7 Å². The number of rotatable bonds is 1. The summed E-state index contributed by atoms with van der Waals surface area (Å²) >= 11 is 0. The van der Waals surface area contributed by atoms with Gasteiger partial charge in [-0.1, -0.05) is 12.1 Å². The molecule has 25 heavy (non-hydrogen) atoms. The number of fused-ring (bicyclic) bond motifs is 1. The number of carbonyl (C=O) groups excluding carboxylic acids is 1. The van der Waals surface area contributed by atoms with Crippen molar-refractivity contribution in [2.75, 3.05) is 5.32 Å². The van der Waals surface area contributed by atoms with Crippen LogP contribution in [0.3, 0.4) is 0 Å². The van der Waals surface area contributed by atoms with Gasteiger partial charge in [-0.15, -0.1) is 0 Å². The van der Waals surface area contributed by atoms with E-state index in [4.69, 9.17) is 4.74 Å². The topological polar surface area (TPSA) is 38.3 Å². The number of halogens is 2. The first kappa shape index (κ1) is 15.6. The Labute approximate surface area is 143 Å². The van der Waals surface area contributed by atoms with Crippen LogP contribution in [0.1, 0.15) is 25.0 Å². The average Bonchev–Trinajstić information content (AvgIpc) is 3.02. The number of hydrogen-bond acceptors (Lipinski definition) is 2. The molecule has 1 N–H and O–H groups in total. The van der Waals surface area contributed by atoms with Crippen LogP contribution in [0.2, 0.25) is 0 Å². The van der Waals surface area contributed by atoms with Crippen LogP contribution in [-0.4, -0.2) is 11.5 Å². The number of benzene rings is 2. The molecule has 0 saturated heterocycles. The predicted molar refractivity (Wildman–Crippen MR) is 91.5 cm³/mol. The van der Waals surface area contributed by atoms with E-state index in [9.17, 15) is 13.6 Å². The maximum atomic E-state index is 13.6. The lowest BCUT2D eigenvalue weighted by molar-refractivity contribution is -0.111. The number of anilines is 1. The normalized spacial score (nSPS) is 20.8. The van der Waals surface area contributed by atoms with Crippen LogP contribution in [0.5, 0.6) is 0 Å². The van der Waals surface area contributed by atoms with Crippen LogP contribution in [-0.2, 0) is 9.53 Å². The minimum Gasteiger partial charge on any atom is -0.482 e. The van der Waals surface area contributed by atoms with E-state index in [0.717, 1.165) is 5.57 Å². The molecule has 1 amide bonds. The third kappa shape index (κ3) is 2.52. The maximum absolute atomic E-state index is 13.6. The number of amides is 1. The Morgan fingerprint density at radius 3 is 2.56 bits per heavy atom. The highest BCUT2D eigenvalue weighted by atomic mass is 19.1. The zero-order chi connectivity index (χ0) is 17.8. The van der Waals surface area contributed by atoms with Gasteiger partial charge in [0.05, 0.1) is 11.3 Å². The summed E-state index contributed by atoms with van der Waals surface area (Å²) in [5.41, 5.74) is 2.11. The number of allylic oxidation sites excluding steroid dienone is 1. The number of hydrogen-bond donors (Lipinski definition) is 1. The molecule has 0 spiro atoms. The van der Waals surface area contributed by atoms with Gasteiger partial charge in [-0.3, -0.25) is 4.79 Å². The molecule has 0 radical (unpaired) electrons. The summed E-state index contributed by atoms with van der Waals surface area (Å²) in [7, 11) is 0. The van der Waals surface area contributed by atoms with Crippen LogP contribution in [0, 0.1) is 11.6 Å². The Hall–Kier alpha value is -2.95. The molecule has 2 aliphatic heterocycles. The Morgan fingerprint density at radius 2 is 1.80 bits per heavy atom. The molecule has 0 atom stereocenters. The van der Waals surface area contributed by atoms with Gasteiger partial charge in [0.25, 0.3) is 5.91 Å². The van der Waals surface area contributed by atoms with Gasteiger partial charge >= 0.3 is 0 Å². The Kier molecular flexibility index (Phi) is 3.29. The number of carbonyl (C=O) groups is 1. The molecule has 0 unspecified atom stereocenters. The molecule has 2 heterocycles. The zero-order valence-electron chi connectivity index (χ0n) is 13.7. The van der Waals surface area contributed by atoms with Crippen molar-refractivity contribution in [2.45, 2.75) is 19.4 Å². The lowest BCUT2D eigenvalue weighted by atomic mass is 9.92. The molecule has 126 valence electrons. The first-order valence-electron chi connectivity index (χ1n) is 7.88. The Balaban J connectivity index is 1.88. The van der Waals surface area contributed by atoms with Gasteiger partial charge in [-0.2, -0.15) is 0 Å². The van der Waals surface area contributed by atoms with Crippen molar-refractivity contribution in [1.29, 1.82) is 0 Å². The molecule has 2 aromatic carbocycles. The Morgan fingerprint density at radius 1 is 1.04 bits per heavy atom. The van der Waals surface area contributed by atoms with Crippen LogP contribution < -0.4 is 5.32 Å². The van der Waals surface area contributed by atoms with Gasteiger partial charge in [0.15, 0.2) is 0 Å². The first-order chi connectivity index (χ1) is 11.8. The average molecular weight is 339 g/mol. The molecule has 0 aliphatic carbocycles. The van der Waals surface area contributed by atoms with Gasteiger partial charge in [-0.05, 0) is 55.8 Å². The molecular formula is C20H15F2NO2. The van der Waals surface area contributed by atoms with E-state index in [1.165, 1.54) is 24.3 Å². The number of nitrogens with one attached hydrogen (secondary N) is 1. The molecule has 3 nitrogen and oxygen atoms in total. The Bertz CT molecular complexity index is 973. The smallest absolute Gasteiger partial charge is 0.260 e. The summed E-state index contributed by atoms with van der Waals surface area (Å²) in [6.07, 6.45) is 1.75. The fourth-order valence-corrected chi connectivity index (χ4v) is 3.26. The molecule has 4 rings (SSSR count). The summed E-state index contributed by atoms with van der Waals surface area (Å²) in [5.74, 6) is -0.709. The van der Waals surface area contributed by atoms with E-state index in [1.807, 2.05) is 13.8 Å². The summed E-state index contributed by atoms with van der Waals surface area (Å²) < 4.78 is 33.0. The molecule has 0 saturated carbocycles. The van der Waals surface area contributed by atoms with Gasteiger partial charge in [0.1, 0.15) is 23.0 Å². The van der Waals surface area contributed by atoms with Crippen molar-refractivity contribution in [1.82, 2.24) is 0 Å². The highest BCUT2D eigenvalue weighted by Gasteiger charge is 2.38. The van der Waals surface area contributed by atoms with Crippen molar-refractivity contribution < 1.29 is 18.3 Å². The standard InChI is InChI=1S/C20H15F2NO2/c1-20(2)15(11-4-3-5-12(21)8-11)10-17(25-20)18-14-7-6-13(22)9-16(14)23-19(18)24/h3-10H,1-2H3,(H,23,24). The van der Waals surface area contributed by atoms with Gasteiger partial charge in [0, 0.05) is 11.1 Å². The highest BCUT2D eigenvalue weighted by molar-refractivity contribution is 6.32. The predicted octanol–water partition coefficient (Wildman–Crippen LogP) is 4.52. The van der Waals surface area contributed by atoms with E-state index >= 15 is 0 Å². The third-order valence-electron chi connectivity index (χ3n) is 4.40. The van der Waals surface area contributed by atoms with E-state index in [2.05, 4.69) is 5.32 Å². The van der Waals surface area contributed by atoms with Gasteiger partial charge in [0.2, 0.25) is 0 Å². The molecule has 0 fully saturated rings. The van der Waals surface area contributed by atoms with E-state index < -0.39 is 11.4 Å². The van der Waals surface area contributed by atoms with Gasteiger partial charge in [-0.25, -0.2) is 8.78 Å². The van der Waals surface area contributed by atoms with Crippen molar-refractivity contribution in [3.05, 3.63) is 77.1 Å². The van der Waals surface area contributed by atoms with Crippen LogP contribution >= 0.6 is 0 Å². The lowest BCUT2D eigenvalue weighted by Gasteiger charge is -2.23. The summed E-state index contributed by atoms with van der Waals surface area (Å²) in [4.78, 5) is 12.4. The van der Waals surface area contributed by atoms with E-state index in [-0.39, 0.29) is 11.7 Å². The second-order valence-electron chi connectivity index (χ2n) is 6.56. The second kappa shape index (κ2) is 5.28. The summed E-state index contributed by atoms with van der Waals surface area (Å²) in [6.45, 7) is 3.71. The zero-order valence-corrected chi connectivity index (χ0v) is 13.7. The lowest BCUT2D eigenvalue weighted by Crippen LogP contribution is -2.21. The van der Waals surface area contributed by atoms with E-state index in [1.54, 1.807) is 24.3 Å². The van der Waals surface area contributed by atoms with Crippen LogP contribution in [0.4, 0.5) is 14.5 Å². The summed E-state index contributed by atoms with van der Waals surface area (Å²) in [5, 5.41) is 2.65. The molecule has 2 aliphatic rings. The van der Waals surface area contributed by atoms with Crippen molar-refractivity contribution in [3.63, 3.8) is 0 Å². The van der Waals surface area contributed by atoms with Crippen LogP contribution in [0.25, 0.3) is 11.1 Å². The first-order valence-corrected chi connectivity index (χ1v) is 7.88.